The molecule has 0 spiro atoms. The first-order valence-corrected chi connectivity index (χ1v) is 6.30. The van der Waals surface area contributed by atoms with E-state index in [0.29, 0.717) is 11.9 Å². The minimum atomic E-state index is 0.429. The first-order chi connectivity index (χ1) is 8.43. The first kappa shape index (κ1) is 11.0. The lowest BCUT2D eigenvalue weighted by atomic mass is 9.98. The van der Waals surface area contributed by atoms with Crippen molar-refractivity contribution in [1.82, 2.24) is 15.5 Å². The molecule has 0 aliphatic carbocycles. The summed E-state index contributed by atoms with van der Waals surface area (Å²) in [6, 6.07) is 0.654. The zero-order valence-electron chi connectivity index (χ0n) is 9.89. The Kier molecular flexibility index (Phi) is 3.24. The Balaban J connectivity index is 1.68. The van der Waals surface area contributed by atoms with Crippen LogP contribution in [0.5, 0.6) is 0 Å². The van der Waals surface area contributed by atoms with Gasteiger partial charge in [0.05, 0.1) is 13.2 Å². The predicted octanol–water partition coefficient (Wildman–Crippen LogP) is 0.373. The third kappa shape index (κ3) is 2.42. The fraction of sp³-hybridized carbons (Fsp3) is 0.818. The van der Waals surface area contributed by atoms with Crippen molar-refractivity contribution in [3.8, 4) is 0 Å². The van der Waals surface area contributed by atoms with Crippen molar-refractivity contribution in [2.24, 2.45) is 0 Å². The van der Waals surface area contributed by atoms with Gasteiger partial charge in [-0.15, -0.1) is 5.10 Å². The van der Waals surface area contributed by atoms with Crippen LogP contribution in [-0.4, -0.2) is 49.6 Å². The summed E-state index contributed by atoms with van der Waals surface area (Å²) in [5.41, 5.74) is 0. The number of anilines is 1. The monoisotopic (exact) mass is 238 g/mol. The van der Waals surface area contributed by atoms with Crippen LogP contribution in [0.2, 0.25) is 0 Å². The highest BCUT2D eigenvalue weighted by atomic mass is 16.5. The van der Waals surface area contributed by atoms with E-state index in [1.54, 1.807) is 0 Å². The van der Waals surface area contributed by atoms with E-state index in [1.165, 1.54) is 0 Å². The minimum absolute atomic E-state index is 0.429. The Hall–Kier alpha value is -1.14. The third-order valence-corrected chi connectivity index (χ3v) is 3.40. The highest BCUT2D eigenvalue weighted by molar-refractivity contribution is 5.24. The molecule has 3 rings (SSSR count). The molecule has 1 N–H and O–H groups in total. The Morgan fingerprint density at radius 1 is 1.12 bits per heavy atom. The van der Waals surface area contributed by atoms with Crippen molar-refractivity contribution in [2.75, 3.05) is 44.3 Å². The van der Waals surface area contributed by atoms with Crippen LogP contribution in [-0.2, 0) is 4.74 Å². The van der Waals surface area contributed by atoms with Gasteiger partial charge in [-0.2, -0.15) is 0 Å². The summed E-state index contributed by atoms with van der Waals surface area (Å²) in [5, 5.41) is 11.7. The second-order valence-corrected chi connectivity index (χ2v) is 4.55. The van der Waals surface area contributed by atoms with Gasteiger partial charge in [-0.05, 0) is 25.9 Å². The number of aromatic nitrogens is 2. The van der Waals surface area contributed by atoms with Gasteiger partial charge in [0.2, 0.25) is 5.89 Å². The Bertz CT molecular complexity index is 324. The van der Waals surface area contributed by atoms with Crippen LogP contribution in [0.25, 0.3) is 0 Å². The molecular formula is C11H18N4O2. The molecular weight excluding hydrogens is 220 g/mol. The molecule has 94 valence electrons. The number of hydrogen-bond acceptors (Lipinski definition) is 6. The highest BCUT2D eigenvalue weighted by Crippen LogP contribution is 2.26. The molecule has 2 aliphatic heterocycles. The summed E-state index contributed by atoms with van der Waals surface area (Å²) < 4.78 is 11.1. The zero-order valence-corrected chi connectivity index (χ0v) is 9.89. The molecule has 6 heteroatoms. The maximum atomic E-state index is 5.78. The van der Waals surface area contributed by atoms with Crippen LogP contribution in [0.4, 0.5) is 6.01 Å². The van der Waals surface area contributed by atoms with Crippen LogP contribution in [0.1, 0.15) is 24.7 Å². The van der Waals surface area contributed by atoms with Crippen LogP contribution in [0.3, 0.4) is 0 Å². The van der Waals surface area contributed by atoms with Gasteiger partial charge < -0.3 is 19.4 Å². The molecule has 0 amide bonds. The summed E-state index contributed by atoms with van der Waals surface area (Å²) in [6.45, 7) is 5.25. The molecule has 2 saturated heterocycles. The Morgan fingerprint density at radius 3 is 2.65 bits per heavy atom. The summed E-state index contributed by atoms with van der Waals surface area (Å²) in [7, 11) is 0. The molecule has 0 radical (unpaired) electrons. The zero-order chi connectivity index (χ0) is 11.5. The summed E-state index contributed by atoms with van der Waals surface area (Å²) in [4.78, 5) is 2.10. The normalized spacial score (nSPS) is 22.9. The molecule has 2 fully saturated rings. The fourth-order valence-electron chi connectivity index (χ4n) is 2.34. The van der Waals surface area contributed by atoms with Crippen LogP contribution >= 0.6 is 0 Å². The van der Waals surface area contributed by atoms with Crippen LogP contribution in [0.15, 0.2) is 4.42 Å². The highest BCUT2D eigenvalue weighted by Gasteiger charge is 2.23. The minimum Gasteiger partial charge on any atom is -0.408 e. The van der Waals surface area contributed by atoms with Crippen molar-refractivity contribution in [3.05, 3.63) is 5.89 Å². The average Bonchev–Trinajstić information content (AvgIpc) is 2.90. The molecule has 17 heavy (non-hydrogen) atoms. The molecule has 0 aromatic carbocycles. The number of nitrogens with one attached hydrogen (secondary N) is 1. The van der Waals surface area contributed by atoms with E-state index in [2.05, 4.69) is 20.4 Å². The molecule has 0 bridgehead atoms. The van der Waals surface area contributed by atoms with Gasteiger partial charge in [0.25, 0.3) is 0 Å². The SMILES string of the molecule is C1CC(c2nnc(N3CCOCC3)o2)CCN1. The quantitative estimate of drug-likeness (QED) is 0.803. The Morgan fingerprint density at radius 2 is 1.88 bits per heavy atom. The lowest BCUT2D eigenvalue weighted by Gasteiger charge is -2.24. The number of piperidine rings is 1. The third-order valence-electron chi connectivity index (χ3n) is 3.40. The van der Waals surface area contributed by atoms with E-state index in [0.717, 1.165) is 58.1 Å². The lowest BCUT2D eigenvalue weighted by molar-refractivity contribution is 0.120. The maximum absolute atomic E-state index is 5.78. The summed E-state index contributed by atoms with van der Waals surface area (Å²) in [6.07, 6.45) is 2.18. The van der Waals surface area contributed by atoms with Gasteiger partial charge in [0.1, 0.15) is 0 Å². The molecule has 6 nitrogen and oxygen atoms in total. The van der Waals surface area contributed by atoms with E-state index in [9.17, 15) is 0 Å². The molecule has 2 aliphatic rings. The lowest BCUT2D eigenvalue weighted by Crippen LogP contribution is -2.36. The van der Waals surface area contributed by atoms with E-state index in [4.69, 9.17) is 9.15 Å². The fourth-order valence-corrected chi connectivity index (χ4v) is 2.34. The molecule has 0 atom stereocenters. The molecule has 0 saturated carbocycles. The van der Waals surface area contributed by atoms with Crippen molar-refractivity contribution in [2.45, 2.75) is 18.8 Å². The van der Waals surface area contributed by atoms with E-state index >= 15 is 0 Å². The van der Waals surface area contributed by atoms with Gasteiger partial charge >= 0.3 is 6.01 Å². The van der Waals surface area contributed by atoms with Crippen molar-refractivity contribution in [3.63, 3.8) is 0 Å². The number of hydrogen-bond donors (Lipinski definition) is 1. The van der Waals surface area contributed by atoms with E-state index in [-0.39, 0.29) is 0 Å². The predicted molar refractivity (Wildman–Crippen MR) is 62.2 cm³/mol. The van der Waals surface area contributed by atoms with Gasteiger partial charge in [0, 0.05) is 19.0 Å². The van der Waals surface area contributed by atoms with Gasteiger partial charge in [-0.25, -0.2) is 0 Å². The molecule has 1 aromatic rings. The molecule has 3 heterocycles. The maximum Gasteiger partial charge on any atom is 0.318 e. The molecule has 1 aromatic heterocycles. The van der Waals surface area contributed by atoms with Crippen molar-refractivity contribution >= 4 is 6.01 Å². The second-order valence-electron chi connectivity index (χ2n) is 4.55. The van der Waals surface area contributed by atoms with Gasteiger partial charge in [0.15, 0.2) is 0 Å². The van der Waals surface area contributed by atoms with Crippen LogP contribution < -0.4 is 10.2 Å². The van der Waals surface area contributed by atoms with E-state index < -0.39 is 0 Å². The molecule has 0 unspecified atom stereocenters. The van der Waals surface area contributed by atoms with Crippen molar-refractivity contribution < 1.29 is 9.15 Å². The van der Waals surface area contributed by atoms with Gasteiger partial charge in [-0.3, -0.25) is 0 Å². The number of morpholine rings is 1. The summed E-state index contributed by atoms with van der Waals surface area (Å²) in [5.74, 6) is 1.23. The number of nitrogens with zero attached hydrogens (tertiary/aromatic N) is 3. The van der Waals surface area contributed by atoms with Crippen LogP contribution in [0, 0.1) is 0 Å². The topological polar surface area (TPSA) is 63.4 Å². The number of rotatable bonds is 2. The second kappa shape index (κ2) is 5.01. The van der Waals surface area contributed by atoms with Gasteiger partial charge in [-0.1, -0.05) is 5.10 Å². The largest absolute Gasteiger partial charge is 0.408 e. The Labute approximate surface area is 100 Å². The van der Waals surface area contributed by atoms with E-state index in [1.807, 2.05) is 0 Å². The first-order valence-electron chi connectivity index (χ1n) is 6.30. The average molecular weight is 238 g/mol. The number of ether oxygens (including phenoxy) is 1. The van der Waals surface area contributed by atoms with Crippen molar-refractivity contribution in [1.29, 1.82) is 0 Å². The smallest absolute Gasteiger partial charge is 0.318 e. The summed E-state index contributed by atoms with van der Waals surface area (Å²) >= 11 is 0. The standard InChI is InChI=1S/C11H18N4O2/c1-3-12-4-2-9(1)10-13-14-11(17-10)15-5-7-16-8-6-15/h9,12H,1-8H2.